The van der Waals surface area contributed by atoms with E-state index in [0.29, 0.717) is 18.2 Å². The zero-order chi connectivity index (χ0) is 15.4. The molecule has 0 bridgehead atoms. The molecule has 0 aromatic rings. The quantitative estimate of drug-likeness (QED) is 0.306. The van der Waals surface area contributed by atoms with Gasteiger partial charge in [0.05, 0.1) is 6.61 Å². The molecule has 20 heavy (non-hydrogen) atoms. The van der Waals surface area contributed by atoms with E-state index in [-0.39, 0.29) is 5.97 Å². The smallest absolute Gasteiger partial charge is 0.333 e. The number of carbonyl (C=O) groups excluding carboxylic acids is 1. The number of rotatable bonds is 12. The molecule has 0 fully saturated rings. The van der Waals surface area contributed by atoms with Crippen molar-refractivity contribution in [3.05, 3.63) is 12.2 Å². The fourth-order valence-corrected chi connectivity index (χ4v) is 2.53. The first-order valence-electron chi connectivity index (χ1n) is 8.13. The summed E-state index contributed by atoms with van der Waals surface area (Å²) in [5.74, 6) is -0.267. The van der Waals surface area contributed by atoms with Crippen molar-refractivity contribution in [1.29, 1.82) is 0 Å². The maximum atomic E-state index is 11.2. The van der Waals surface area contributed by atoms with Crippen LogP contribution in [0.15, 0.2) is 12.2 Å². The van der Waals surface area contributed by atoms with E-state index < -0.39 is 0 Å². The van der Waals surface area contributed by atoms with Crippen molar-refractivity contribution < 1.29 is 9.53 Å². The summed E-state index contributed by atoms with van der Waals surface area (Å²) in [6.07, 6.45) is 7.08. The molecule has 0 radical (unpaired) electrons. The molecule has 0 saturated heterocycles. The normalized spacial score (nSPS) is 12.4. The van der Waals surface area contributed by atoms with Crippen LogP contribution in [0.1, 0.15) is 66.2 Å². The van der Waals surface area contributed by atoms with Crippen LogP contribution in [0, 0.1) is 0 Å². The molecule has 0 saturated carbocycles. The second-order valence-electron chi connectivity index (χ2n) is 5.43. The number of unbranched alkanes of at least 4 members (excludes halogenated alkanes) is 2. The Morgan fingerprint density at radius 2 is 1.75 bits per heavy atom. The van der Waals surface area contributed by atoms with Crippen LogP contribution < -0.4 is 0 Å². The van der Waals surface area contributed by atoms with E-state index in [1.54, 1.807) is 6.92 Å². The van der Waals surface area contributed by atoms with Crippen molar-refractivity contribution in [2.75, 3.05) is 19.7 Å². The summed E-state index contributed by atoms with van der Waals surface area (Å²) in [6, 6.07) is 0.716. The highest BCUT2D eigenvalue weighted by molar-refractivity contribution is 5.86. The van der Waals surface area contributed by atoms with Crippen molar-refractivity contribution in [3.8, 4) is 0 Å². The van der Waals surface area contributed by atoms with Crippen molar-refractivity contribution in [1.82, 2.24) is 4.90 Å². The number of ether oxygens (including phenoxy) is 1. The Balaban J connectivity index is 3.78. The van der Waals surface area contributed by atoms with E-state index in [1.807, 2.05) is 0 Å². The fraction of sp³-hybridized carbons (Fsp3) is 0.824. The third-order valence-electron chi connectivity index (χ3n) is 3.71. The summed E-state index contributed by atoms with van der Waals surface area (Å²) < 4.78 is 5.10. The van der Waals surface area contributed by atoms with Gasteiger partial charge in [0.1, 0.15) is 0 Å². The number of esters is 1. The van der Waals surface area contributed by atoms with E-state index in [9.17, 15) is 4.79 Å². The molecule has 0 heterocycles. The van der Waals surface area contributed by atoms with E-state index in [0.717, 1.165) is 25.9 Å². The van der Waals surface area contributed by atoms with Crippen LogP contribution in [0.4, 0.5) is 0 Å². The molecule has 0 spiro atoms. The van der Waals surface area contributed by atoms with Gasteiger partial charge in [0.25, 0.3) is 0 Å². The number of carbonyl (C=O) groups is 1. The maximum absolute atomic E-state index is 11.2. The van der Waals surface area contributed by atoms with Gasteiger partial charge in [0, 0.05) is 11.6 Å². The minimum Gasteiger partial charge on any atom is -0.462 e. The minimum atomic E-state index is -0.267. The van der Waals surface area contributed by atoms with Gasteiger partial charge >= 0.3 is 5.97 Å². The topological polar surface area (TPSA) is 29.5 Å². The van der Waals surface area contributed by atoms with Gasteiger partial charge in [-0.3, -0.25) is 0 Å². The van der Waals surface area contributed by atoms with E-state index in [4.69, 9.17) is 4.74 Å². The molecule has 0 N–H and O–H groups in total. The molecule has 0 aliphatic rings. The van der Waals surface area contributed by atoms with Crippen LogP contribution in [-0.2, 0) is 9.53 Å². The van der Waals surface area contributed by atoms with Crippen LogP contribution >= 0.6 is 0 Å². The lowest BCUT2D eigenvalue weighted by atomic mass is 10.0. The van der Waals surface area contributed by atoms with Gasteiger partial charge in [-0.05, 0) is 39.3 Å². The highest BCUT2D eigenvalue weighted by atomic mass is 16.5. The largest absolute Gasteiger partial charge is 0.462 e. The van der Waals surface area contributed by atoms with Crippen LogP contribution in [0.25, 0.3) is 0 Å². The molecular formula is C17H33NO2. The predicted octanol–water partition coefficient (Wildman–Crippen LogP) is 4.18. The Kier molecular flexibility index (Phi) is 11.5. The average molecular weight is 283 g/mol. The van der Waals surface area contributed by atoms with Gasteiger partial charge in [-0.15, -0.1) is 0 Å². The van der Waals surface area contributed by atoms with Gasteiger partial charge in [0.2, 0.25) is 0 Å². The number of nitrogens with zero attached hydrogens (tertiary/aromatic N) is 1. The summed E-state index contributed by atoms with van der Waals surface area (Å²) in [6.45, 7) is 14.8. The van der Waals surface area contributed by atoms with Crippen LogP contribution in [0.3, 0.4) is 0 Å². The van der Waals surface area contributed by atoms with Crippen molar-refractivity contribution in [3.63, 3.8) is 0 Å². The van der Waals surface area contributed by atoms with E-state index >= 15 is 0 Å². The first-order valence-corrected chi connectivity index (χ1v) is 8.13. The molecule has 0 aliphatic carbocycles. The fourth-order valence-electron chi connectivity index (χ4n) is 2.53. The number of hydrogen-bond acceptors (Lipinski definition) is 3. The van der Waals surface area contributed by atoms with Crippen molar-refractivity contribution in [2.24, 2.45) is 0 Å². The van der Waals surface area contributed by atoms with Gasteiger partial charge in [-0.1, -0.05) is 46.6 Å². The first kappa shape index (κ1) is 19.2. The summed E-state index contributed by atoms with van der Waals surface area (Å²) in [7, 11) is 0. The SMILES string of the molecule is C=C(C)C(=O)OCCCCCC(CCC)N(CC)CC. The molecule has 3 nitrogen and oxygen atoms in total. The Hall–Kier alpha value is -0.830. The zero-order valence-electron chi connectivity index (χ0n) is 13.9. The monoisotopic (exact) mass is 283 g/mol. The zero-order valence-corrected chi connectivity index (χ0v) is 13.9. The molecule has 0 amide bonds. The molecular weight excluding hydrogens is 250 g/mol. The highest BCUT2D eigenvalue weighted by Crippen LogP contribution is 2.15. The third kappa shape index (κ3) is 8.36. The highest BCUT2D eigenvalue weighted by Gasteiger charge is 2.13. The van der Waals surface area contributed by atoms with Gasteiger partial charge in [-0.2, -0.15) is 0 Å². The van der Waals surface area contributed by atoms with E-state index in [1.165, 1.54) is 25.7 Å². The molecule has 118 valence electrons. The predicted molar refractivity (Wildman–Crippen MR) is 85.9 cm³/mol. The molecule has 0 aliphatic heterocycles. The summed E-state index contributed by atoms with van der Waals surface area (Å²) in [5, 5.41) is 0. The minimum absolute atomic E-state index is 0.267. The van der Waals surface area contributed by atoms with Crippen molar-refractivity contribution in [2.45, 2.75) is 72.3 Å². The second kappa shape index (κ2) is 12.0. The van der Waals surface area contributed by atoms with Crippen LogP contribution in [0.2, 0.25) is 0 Å². The molecule has 0 rings (SSSR count). The lowest BCUT2D eigenvalue weighted by Crippen LogP contribution is -2.34. The first-order chi connectivity index (χ1) is 9.56. The molecule has 3 heteroatoms. The maximum Gasteiger partial charge on any atom is 0.333 e. The third-order valence-corrected chi connectivity index (χ3v) is 3.71. The Labute approximate surface area is 125 Å². The van der Waals surface area contributed by atoms with Crippen LogP contribution in [0.5, 0.6) is 0 Å². The van der Waals surface area contributed by atoms with Gasteiger partial charge < -0.3 is 9.64 Å². The lowest BCUT2D eigenvalue weighted by molar-refractivity contribution is -0.139. The Morgan fingerprint density at radius 1 is 1.10 bits per heavy atom. The summed E-state index contributed by atoms with van der Waals surface area (Å²) >= 11 is 0. The molecule has 1 unspecified atom stereocenters. The number of hydrogen-bond donors (Lipinski definition) is 0. The van der Waals surface area contributed by atoms with Crippen molar-refractivity contribution >= 4 is 5.97 Å². The molecule has 0 aromatic carbocycles. The molecule has 1 atom stereocenters. The van der Waals surface area contributed by atoms with Gasteiger partial charge in [-0.25, -0.2) is 4.79 Å². The van der Waals surface area contributed by atoms with Gasteiger partial charge in [0.15, 0.2) is 0 Å². The lowest BCUT2D eigenvalue weighted by Gasteiger charge is -2.29. The van der Waals surface area contributed by atoms with E-state index in [2.05, 4.69) is 32.3 Å². The Bertz CT molecular complexity index is 272. The summed E-state index contributed by atoms with van der Waals surface area (Å²) in [4.78, 5) is 13.8. The Morgan fingerprint density at radius 3 is 2.25 bits per heavy atom. The average Bonchev–Trinajstić information content (AvgIpc) is 2.43. The summed E-state index contributed by atoms with van der Waals surface area (Å²) in [5.41, 5.74) is 0.481. The second-order valence-corrected chi connectivity index (χ2v) is 5.43. The van der Waals surface area contributed by atoms with Crippen LogP contribution in [-0.4, -0.2) is 36.6 Å². The molecule has 0 aromatic heterocycles. The standard InChI is InChI=1S/C17H33NO2/c1-6-12-16(18(7-2)8-3)13-10-9-11-14-20-17(19)15(4)5/h16H,4,6-14H2,1-3,5H3.